The van der Waals surface area contributed by atoms with E-state index in [0.29, 0.717) is 6.42 Å². The molecule has 0 saturated carbocycles. The Kier molecular flexibility index (Phi) is 3.23. The first kappa shape index (κ1) is 13.8. The highest BCUT2D eigenvalue weighted by atomic mass is 16.1. The Morgan fingerprint density at radius 1 is 0.870 bits per heavy atom. The van der Waals surface area contributed by atoms with Crippen LogP contribution < -0.4 is 0 Å². The zero-order chi connectivity index (χ0) is 15.8. The highest BCUT2D eigenvalue weighted by Crippen LogP contribution is 2.29. The molecular formula is C21H17NO. The number of carbonyl (C=O) groups excluding carboxylic acids is 1. The van der Waals surface area contributed by atoms with E-state index in [-0.39, 0.29) is 5.78 Å². The van der Waals surface area contributed by atoms with E-state index in [1.807, 2.05) is 37.4 Å². The van der Waals surface area contributed by atoms with Gasteiger partial charge in [0.25, 0.3) is 0 Å². The van der Waals surface area contributed by atoms with Crippen molar-refractivity contribution < 1.29 is 4.79 Å². The van der Waals surface area contributed by atoms with Crippen molar-refractivity contribution in [2.24, 2.45) is 7.05 Å². The number of hydrogen-bond donors (Lipinski definition) is 0. The van der Waals surface area contributed by atoms with Gasteiger partial charge >= 0.3 is 0 Å². The summed E-state index contributed by atoms with van der Waals surface area (Å²) in [5, 5.41) is 3.61. The summed E-state index contributed by atoms with van der Waals surface area (Å²) in [6.45, 7) is 0. The van der Waals surface area contributed by atoms with Crippen LogP contribution in [0.1, 0.15) is 15.9 Å². The molecule has 0 aliphatic rings. The van der Waals surface area contributed by atoms with Gasteiger partial charge in [-0.2, -0.15) is 0 Å². The van der Waals surface area contributed by atoms with Gasteiger partial charge in [0, 0.05) is 36.0 Å². The summed E-state index contributed by atoms with van der Waals surface area (Å²) in [5.41, 5.74) is 3.05. The second kappa shape index (κ2) is 5.40. The monoisotopic (exact) mass is 299 g/mol. The van der Waals surface area contributed by atoms with E-state index in [9.17, 15) is 4.79 Å². The van der Waals surface area contributed by atoms with Crippen LogP contribution in [0, 0.1) is 0 Å². The number of rotatable bonds is 3. The van der Waals surface area contributed by atoms with Gasteiger partial charge in [-0.25, -0.2) is 0 Å². The molecule has 0 radical (unpaired) electrons. The molecule has 0 saturated heterocycles. The van der Waals surface area contributed by atoms with Crippen molar-refractivity contribution >= 4 is 27.5 Å². The van der Waals surface area contributed by atoms with Gasteiger partial charge in [0.1, 0.15) is 0 Å². The number of Topliss-reactive ketones (excluding diaryl/α,β-unsaturated/α-hetero) is 1. The summed E-state index contributed by atoms with van der Waals surface area (Å²) in [7, 11) is 2.05. The number of ketones is 1. The molecule has 0 N–H and O–H groups in total. The molecule has 23 heavy (non-hydrogen) atoms. The summed E-state index contributed by atoms with van der Waals surface area (Å²) in [6.07, 6.45) is 2.51. The van der Waals surface area contributed by atoms with E-state index in [1.54, 1.807) is 0 Å². The Labute approximate surface area is 135 Å². The number of hydrogen-bond acceptors (Lipinski definition) is 1. The quantitative estimate of drug-likeness (QED) is 0.500. The first-order valence-electron chi connectivity index (χ1n) is 7.78. The summed E-state index contributed by atoms with van der Waals surface area (Å²) in [5.74, 6) is 0.159. The van der Waals surface area contributed by atoms with Gasteiger partial charge in [0.05, 0.1) is 5.52 Å². The lowest BCUT2D eigenvalue weighted by molar-refractivity contribution is 0.0993. The van der Waals surface area contributed by atoms with Gasteiger partial charge in [0.15, 0.2) is 5.78 Å². The summed E-state index contributed by atoms with van der Waals surface area (Å²) in [4.78, 5) is 12.5. The van der Waals surface area contributed by atoms with Crippen molar-refractivity contribution in [3.63, 3.8) is 0 Å². The topological polar surface area (TPSA) is 22.0 Å². The minimum Gasteiger partial charge on any atom is -0.350 e. The Bertz CT molecular complexity index is 1010. The molecule has 0 aliphatic heterocycles. The lowest BCUT2D eigenvalue weighted by Gasteiger charge is -2.03. The molecule has 4 rings (SSSR count). The molecule has 112 valence electrons. The molecular weight excluding hydrogens is 282 g/mol. The van der Waals surface area contributed by atoms with E-state index in [0.717, 1.165) is 16.5 Å². The summed E-state index contributed by atoms with van der Waals surface area (Å²) in [6, 6.07) is 22.1. The Morgan fingerprint density at radius 2 is 1.61 bits per heavy atom. The molecule has 0 unspecified atom stereocenters. The third-order valence-electron chi connectivity index (χ3n) is 4.40. The lowest BCUT2D eigenvalue weighted by atomic mass is 10.0. The van der Waals surface area contributed by atoms with Gasteiger partial charge in [-0.3, -0.25) is 4.79 Å². The first-order chi connectivity index (χ1) is 11.2. The number of aryl methyl sites for hydroxylation is 1. The van der Waals surface area contributed by atoms with Crippen LogP contribution in [0.3, 0.4) is 0 Å². The predicted octanol–water partition coefficient (Wildman–Crippen LogP) is 4.76. The molecule has 2 nitrogen and oxygen atoms in total. The molecule has 0 atom stereocenters. The number of fused-ring (bicyclic) bond motifs is 3. The molecule has 0 fully saturated rings. The van der Waals surface area contributed by atoms with Crippen LogP contribution in [-0.2, 0) is 13.5 Å². The summed E-state index contributed by atoms with van der Waals surface area (Å²) >= 11 is 0. The maximum absolute atomic E-state index is 12.5. The highest BCUT2D eigenvalue weighted by molar-refractivity contribution is 6.08. The third kappa shape index (κ3) is 2.33. The van der Waals surface area contributed by atoms with Crippen molar-refractivity contribution in [1.82, 2.24) is 4.57 Å². The van der Waals surface area contributed by atoms with Crippen molar-refractivity contribution in [1.29, 1.82) is 0 Å². The summed E-state index contributed by atoms with van der Waals surface area (Å²) < 4.78 is 2.13. The fourth-order valence-corrected chi connectivity index (χ4v) is 3.30. The van der Waals surface area contributed by atoms with Crippen molar-refractivity contribution in [3.05, 3.63) is 84.1 Å². The fraction of sp³-hybridized carbons (Fsp3) is 0.0952. The van der Waals surface area contributed by atoms with Crippen LogP contribution in [-0.4, -0.2) is 10.4 Å². The van der Waals surface area contributed by atoms with Gasteiger partial charge in [-0.1, -0.05) is 66.7 Å². The Balaban J connectivity index is 1.82. The zero-order valence-electron chi connectivity index (χ0n) is 13.0. The van der Waals surface area contributed by atoms with Gasteiger partial charge in [0.2, 0.25) is 0 Å². The maximum atomic E-state index is 12.5. The van der Waals surface area contributed by atoms with Crippen LogP contribution >= 0.6 is 0 Å². The van der Waals surface area contributed by atoms with E-state index in [4.69, 9.17) is 0 Å². The Hall–Kier alpha value is -2.87. The Morgan fingerprint density at radius 3 is 2.43 bits per heavy atom. The van der Waals surface area contributed by atoms with Gasteiger partial charge in [-0.15, -0.1) is 0 Å². The van der Waals surface area contributed by atoms with E-state index in [1.165, 1.54) is 16.3 Å². The van der Waals surface area contributed by atoms with Crippen molar-refractivity contribution in [2.45, 2.75) is 6.42 Å². The third-order valence-corrected chi connectivity index (χ3v) is 4.40. The molecule has 3 aromatic carbocycles. The minimum absolute atomic E-state index is 0.159. The normalized spacial score (nSPS) is 11.2. The molecule has 0 amide bonds. The van der Waals surface area contributed by atoms with E-state index >= 15 is 0 Å². The molecule has 4 aromatic rings. The molecule has 0 aliphatic carbocycles. The van der Waals surface area contributed by atoms with Crippen LogP contribution in [0.5, 0.6) is 0 Å². The van der Waals surface area contributed by atoms with Crippen LogP contribution in [0.25, 0.3) is 21.7 Å². The SMILES string of the molecule is Cn1cc(CC(=O)c2ccccc2)c2ccc3ccccc3c21. The first-order valence-corrected chi connectivity index (χ1v) is 7.78. The molecule has 0 spiro atoms. The molecule has 2 heteroatoms. The van der Waals surface area contributed by atoms with Crippen molar-refractivity contribution in [3.8, 4) is 0 Å². The second-order valence-corrected chi connectivity index (χ2v) is 5.91. The smallest absolute Gasteiger partial charge is 0.167 e. The lowest BCUT2D eigenvalue weighted by Crippen LogP contribution is -2.02. The fourth-order valence-electron chi connectivity index (χ4n) is 3.30. The number of carbonyl (C=O) groups is 1. The highest BCUT2D eigenvalue weighted by Gasteiger charge is 2.13. The number of aromatic nitrogens is 1. The minimum atomic E-state index is 0.159. The van der Waals surface area contributed by atoms with E-state index in [2.05, 4.69) is 47.2 Å². The molecule has 0 bridgehead atoms. The van der Waals surface area contributed by atoms with Crippen LogP contribution in [0.4, 0.5) is 0 Å². The van der Waals surface area contributed by atoms with E-state index < -0.39 is 0 Å². The molecule has 1 aromatic heterocycles. The van der Waals surface area contributed by atoms with Crippen LogP contribution in [0.15, 0.2) is 72.9 Å². The average Bonchev–Trinajstić information content (AvgIpc) is 2.92. The maximum Gasteiger partial charge on any atom is 0.167 e. The van der Waals surface area contributed by atoms with Crippen molar-refractivity contribution in [2.75, 3.05) is 0 Å². The zero-order valence-corrected chi connectivity index (χ0v) is 13.0. The predicted molar refractivity (Wildman–Crippen MR) is 94.9 cm³/mol. The average molecular weight is 299 g/mol. The largest absolute Gasteiger partial charge is 0.350 e. The second-order valence-electron chi connectivity index (χ2n) is 5.91. The van der Waals surface area contributed by atoms with Gasteiger partial charge in [-0.05, 0) is 10.9 Å². The number of benzene rings is 3. The standard InChI is InChI=1S/C21H17NO/c1-22-14-17(13-20(23)16-8-3-2-4-9-16)19-12-11-15-7-5-6-10-18(15)21(19)22/h2-12,14H,13H2,1H3. The van der Waals surface area contributed by atoms with Gasteiger partial charge < -0.3 is 4.57 Å². The number of nitrogens with zero attached hydrogens (tertiary/aromatic N) is 1. The van der Waals surface area contributed by atoms with Crippen LogP contribution in [0.2, 0.25) is 0 Å². The molecule has 1 heterocycles.